The molecule has 0 aliphatic rings. The highest BCUT2D eigenvalue weighted by atomic mass is 16.5. The Morgan fingerprint density at radius 2 is 2.17 bits per heavy atom. The van der Waals surface area contributed by atoms with Gasteiger partial charge >= 0.3 is 0 Å². The van der Waals surface area contributed by atoms with Crippen LogP contribution in [0, 0.1) is 6.92 Å². The maximum atomic E-state index is 5.24. The summed E-state index contributed by atoms with van der Waals surface area (Å²) in [4.78, 5) is 8.50. The van der Waals surface area contributed by atoms with E-state index in [1.807, 2.05) is 38.2 Å². The third-order valence-corrected chi connectivity index (χ3v) is 2.54. The van der Waals surface area contributed by atoms with Crippen LogP contribution in [-0.2, 0) is 7.05 Å². The summed E-state index contributed by atoms with van der Waals surface area (Å²) in [7, 11) is 1.84. The van der Waals surface area contributed by atoms with E-state index in [0.717, 1.165) is 11.4 Å². The normalized spacial score (nSPS) is 10.8. The molecule has 6 nitrogen and oxygen atoms in total. The Hall–Kier alpha value is -2.50. The highest BCUT2D eigenvalue weighted by Crippen LogP contribution is 2.20. The van der Waals surface area contributed by atoms with E-state index in [0.29, 0.717) is 17.4 Å². The monoisotopic (exact) mass is 241 g/mol. The number of hydrogen-bond donors (Lipinski definition) is 0. The van der Waals surface area contributed by atoms with Gasteiger partial charge in [0, 0.05) is 13.2 Å². The van der Waals surface area contributed by atoms with E-state index in [4.69, 9.17) is 4.52 Å². The topological polar surface area (TPSA) is 69.6 Å². The Balaban J connectivity index is 2.02. The van der Waals surface area contributed by atoms with Crippen molar-refractivity contribution >= 4 is 0 Å². The van der Waals surface area contributed by atoms with Crippen molar-refractivity contribution < 1.29 is 4.52 Å². The maximum absolute atomic E-state index is 5.24. The molecule has 0 aromatic carbocycles. The van der Waals surface area contributed by atoms with Gasteiger partial charge < -0.3 is 4.52 Å². The summed E-state index contributed by atoms with van der Waals surface area (Å²) in [6.07, 6.45) is 1.69. The van der Waals surface area contributed by atoms with Gasteiger partial charge in [-0.15, -0.1) is 0 Å². The van der Waals surface area contributed by atoms with Crippen LogP contribution in [0.1, 0.15) is 5.69 Å². The summed E-state index contributed by atoms with van der Waals surface area (Å²) in [6, 6.07) is 7.46. The summed E-state index contributed by atoms with van der Waals surface area (Å²) in [5, 5.41) is 8.17. The van der Waals surface area contributed by atoms with Gasteiger partial charge in [-0.3, -0.25) is 9.67 Å². The average Bonchev–Trinajstić information content (AvgIpc) is 2.97. The van der Waals surface area contributed by atoms with E-state index >= 15 is 0 Å². The largest absolute Gasteiger partial charge is 0.332 e. The second-order valence-electron chi connectivity index (χ2n) is 3.93. The number of rotatable bonds is 2. The SMILES string of the molecule is Cc1cc(-c2nc(-c3ccccn3)no2)n(C)n1. The minimum Gasteiger partial charge on any atom is -0.332 e. The van der Waals surface area contributed by atoms with Crippen molar-refractivity contribution in [1.29, 1.82) is 0 Å². The molecule has 3 rings (SSSR count). The molecule has 0 N–H and O–H groups in total. The molecule has 0 amide bonds. The lowest BCUT2D eigenvalue weighted by Crippen LogP contribution is -1.93. The standard InChI is InChI=1S/C12H11N5O/c1-8-7-10(17(2)15-8)12-14-11(16-18-12)9-5-3-4-6-13-9/h3-7H,1-2H3. The first kappa shape index (κ1) is 10.6. The molecule has 3 aromatic rings. The van der Waals surface area contributed by atoms with Crippen LogP contribution < -0.4 is 0 Å². The minimum atomic E-state index is 0.443. The van der Waals surface area contributed by atoms with E-state index in [1.165, 1.54) is 0 Å². The average molecular weight is 241 g/mol. The summed E-state index contributed by atoms with van der Waals surface area (Å²) in [5.41, 5.74) is 2.39. The van der Waals surface area contributed by atoms with Crippen LogP contribution in [0.15, 0.2) is 35.0 Å². The summed E-state index contributed by atoms with van der Waals surface area (Å²) >= 11 is 0. The first-order valence-corrected chi connectivity index (χ1v) is 5.50. The lowest BCUT2D eigenvalue weighted by Gasteiger charge is -1.93. The van der Waals surface area contributed by atoms with E-state index in [9.17, 15) is 0 Å². The number of nitrogens with zero attached hydrogens (tertiary/aromatic N) is 5. The molecule has 3 aromatic heterocycles. The van der Waals surface area contributed by atoms with Crippen molar-refractivity contribution in [2.45, 2.75) is 6.92 Å². The van der Waals surface area contributed by atoms with E-state index < -0.39 is 0 Å². The highest BCUT2D eigenvalue weighted by molar-refractivity contribution is 5.54. The Bertz CT molecular complexity index is 671. The van der Waals surface area contributed by atoms with E-state index in [2.05, 4.69) is 20.2 Å². The van der Waals surface area contributed by atoms with Crippen molar-refractivity contribution in [2.75, 3.05) is 0 Å². The molecule has 0 aliphatic carbocycles. The molecule has 0 saturated carbocycles. The third-order valence-electron chi connectivity index (χ3n) is 2.54. The van der Waals surface area contributed by atoms with Gasteiger partial charge in [0.2, 0.25) is 5.82 Å². The number of hydrogen-bond acceptors (Lipinski definition) is 5. The first-order chi connectivity index (χ1) is 8.74. The molecule has 0 fully saturated rings. The zero-order valence-electron chi connectivity index (χ0n) is 10.0. The molecule has 0 saturated heterocycles. The lowest BCUT2D eigenvalue weighted by atomic mass is 10.3. The predicted molar refractivity (Wildman–Crippen MR) is 64.5 cm³/mol. The van der Waals surface area contributed by atoms with Crippen LogP contribution in [-0.4, -0.2) is 24.9 Å². The molecule has 18 heavy (non-hydrogen) atoms. The zero-order valence-corrected chi connectivity index (χ0v) is 10.0. The Morgan fingerprint density at radius 3 is 2.83 bits per heavy atom. The third kappa shape index (κ3) is 1.77. The fraction of sp³-hybridized carbons (Fsp3) is 0.167. The molecule has 0 bridgehead atoms. The summed E-state index contributed by atoms with van der Waals surface area (Å²) in [6.45, 7) is 1.92. The smallest absolute Gasteiger partial charge is 0.276 e. The second-order valence-corrected chi connectivity index (χ2v) is 3.93. The van der Waals surface area contributed by atoms with Gasteiger partial charge in [-0.05, 0) is 25.1 Å². The van der Waals surface area contributed by atoms with Crippen LogP contribution in [0.3, 0.4) is 0 Å². The van der Waals surface area contributed by atoms with Crippen LogP contribution >= 0.6 is 0 Å². The van der Waals surface area contributed by atoms with E-state index in [-0.39, 0.29) is 0 Å². The molecule has 90 valence electrons. The Morgan fingerprint density at radius 1 is 1.28 bits per heavy atom. The lowest BCUT2D eigenvalue weighted by molar-refractivity contribution is 0.428. The molecule has 3 heterocycles. The van der Waals surface area contributed by atoms with Gasteiger partial charge in [-0.1, -0.05) is 11.2 Å². The maximum Gasteiger partial charge on any atom is 0.276 e. The molecular weight excluding hydrogens is 230 g/mol. The van der Waals surface area contributed by atoms with Crippen LogP contribution in [0.4, 0.5) is 0 Å². The molecule has 0 radical (unpaired) electrons. The zero-order chi connectivity index (χ0) is 12.5. The van der Waals surface area contributed by atoms with Crippen molar-refractivity contribution in [3.63, 3.8) is 0 Å². The quantitative estimate of drug-likeness (QED) is 0.684. The predicted octanol–water partition coefficient (Wildman–Crippen LogP) is 1.84. The number of pyridine rings is 1. The first-order valence-electron chi connectivity index (χ1n) is 5.50. The van der Waals surface area contributed by atoms with Crippen LogP contribution in [0.5, 0.6) is 0 Å². The van der Waals surface area contributed by atoms with Gasteiger partial charge in [0.15, 0.2) is 0 Å². The van der Waals surface area contributed by atoms with Gasteiger partial charge in [0.1, 0.15) is 11.4 Å². The summed E-state index contributed by atoms with van der Waals surface area (Å²) in [5.74, 6) is 0.920. The van der Waals surface area contributed by atoms with Crippen molar-refractivity contribution in [3.8, 4) is 23.1 Å². The van der Waals surface area contributed by atoms with Crippen molar-refractivity contribution in [1.82, 2.24) is 24.9 Å². The molecule has 0 atom stereocenters. The van der Waals surface area contributed by atoms with Crippen molar-refractivity contribution in [2.24, 2.45) is 7.05 Å². The Labute approximate surface area is 103 Å². The highest BCUT2D eigenvalue weighted by Gasteiger charge is 2.14. The van der Waals surface area contributed by atoms with Gasteiger partial charge in [0.05, 0.1) is 5.69 Å². The number of aromatic nitrogens is 5. The Kier molecular flexibility index (Phi) is 2.40. The fourth-order valence-electron chi connectivity index (χ4n) is 1.74. The second kappa shape index (κ2) is 4.06. The summed E-state index contributed by atoms with van der Waals surface area (Å²) < 4.78 is 6.95. The molecule has 0 spiro atoms. The van der Waals surface area contributed by atoms with Gasteiger partial charge in [0.25, 0.3) is 5.89 Å². The minimum absolute atomic E-state index is 0.443. The van der Waals surface area contributed by atoms with Gasteiger partial charge in [-0.2, -0.15) is 10.1 Å². The van der Waals surface area contributed by atoms with E-state index in [1.54, 1.807) is 10.9 Å². The molecular formula is C12H11N5O. The molecule has 0 unspecified atom stereocenters. The molecule has 0 aliphatic heterocycles. The van der Waals surface area contributed by atoms with Crippen LogP contribution in [0.2, 0.25) is 0 Å². The van der Waals surface area contributed by atoms with Crippen molar-refractivity contribution in [3.05, 3.63) is 36.2 Å². The fourth-order valence-corrected chi connectivity index (χ4v) is 1.74. The molecule has 6 heteroatoms. The van der Waals surface area contributed by atoms with Gasteiger partial charge in [-0.25, -0.2) is 0 Å². The van der Waals surface area contributed by atoms with Crippen LogP contribution in [0.25, 0.3) is 23.1 Å². The number of aryl methyl sites for hydroxylation is 2.